The van der Waals surface area contributed by atoms with Gasteiger partial charge in [0.1, 0.15) is 5.60 Å². The van der Waals surface area contributed by atoms with Gasteiger partial charge in [0.2, 0.25) is 0 Å². The van der Waals surface area contributed by atoms with Crippen molar-refractivity contribution in [2.75, 3.05) is 11.9 Å². The number of carbonyl (C=O) groups excluding carboxylic acids is 1. The Balaban J connectivity index is 2.25. The number of nitrogens with zero attached hydrogens (tertiary/aromatic N) is 1. The van der Waals surface area contributed by atoms with Crippen molar-refractivity contribution in [3.05, 3.63) is 28.7 Å². The Morgan fingerprint density at radius 2 is 2.14 bits per heavy atom. The molecule has 22 heavy (non-hydrogen) atoms. The van der Waals surface area contributed by atoms with Crippen LogP contribution in [0.4, 0.5) is 10.5 Å². The van der Waals surface area contributed by atoms with E-state index in [9.17, 15) is 9.59 Å². The van der Waals surface area contributed by atoms with E-state index in [1.807, 2.05) is 0 Å². The van der Waals surface area contributed by atoms with Crippen LogP contribution in [0.15, 0.2) is 23.0 Å². The molecule has 1 amide bonds. The van der Waals surface area contributed by atoms with Gasteiger partial charge in [0, 0.05) is 18.8 Å². The van der Waals surface area contributed by atoms with Crippen LogP contribution in [0.3, 0.4) is 0 Å². The number of imidazole rings is 1. The monoisotopic (exact) mass is 307 g/mol. The van der Waals surface area contributed by atoms with E-state index in [4.69, 9.17) is 9.84 Å². The predicted molar refractivity (Wildman–Crippen MR) is 84.1 cm³/mol. The highest BCUT2D eigenvalue weighted by Crippen LogP contribution is 2.18. The number of amides is 1. The molecular weight excluding hydrogens is 286 g/mol. The Hall–Kier alpha value is -2.28. The van der Waals surface area contributed by atoms with Crippen LogP contribution in [0.5, 0.6) is 0 Å². The third-order valence-electron chi connectivity index (χ3n) is 2.96. The first kappa shape index (κ1) is 16.1. The van der Waals surface area contributed by atoms with Crippen LogP contribution in [0.2, 0.25) is 0 Å². The zero-order valence-electron chi connectivity index (χ0n) is 13.0. The van der Waals surface area contributed by atoms with Crippen LogP contribution in [0, 0.1) is 0 Å². The average molecular weight is 307 g/mol. The summed E-state index contributed by atoms with van der Waals surface area (Å²) in [4.78, 5) is 26.4. The van der Waals surface area contributed by atoms with E-state index >= 15 is 0 Å². The molecule has 2 aromatic rings. The van der Waals surface area contributed by atoms with Crippen molar-refractivity contribution < 1.29 is 14.6 Å². The molecule has 0 aliphatic heterocycles. The maximum absolute atomic E-state index is 11.9. The molecule has 1 aromatic heterocycles. The number of fused-ring (bicyclic) bond motifs is 1. The number of aromatic nitrogens is 2. The highest BCUT2D eigenvalue weighted by Gasteiger charge is 2.16. The summed E-state index contributed by atoms with van der Waals surface area (Å²) < 4.78 is 6.73. The lowest BCUT2D eigenvalue weighted by atomic mass is 10.2. The quantitative estimate of drug-likeness (QED) is 0.805. The molecule has 2 rings (SSSR count). The normalized spacial score (nSPS) is 11.6. The molecule has 120 valence electrons. The van der Waals surface area contributed by atoms with Gasteiger partial charge in [-0.15, -0.1) is 0 Å². The first-order chi connectivity index (χ1) is 10.3. The van der Waals surface area contributed by atoms with E-state index in [1.54, 1.807) is 39.0 Å². The summed E-state index contributed by atoms with van der Waals surface area (Å²) in [5.41, 5.74) is 1.08. The molecule has 3 N–H and O–H groups in total. The number of aliphatic hydroxyl groups is 1. The van der Waals surface area contributed by atoms with E-state index in [0.717, 1.165) is 0 Å². The summed E-state index contributed by atoms with van der Waals surface area (Å²) >= 11 is 0. The number of aryl methyl sites for hydroxylation is 1. The summed E-state index contributed by atoms with van der Waals surface area (Å²) in [6.07, 6.45) is -0.0667. The van der Waals surface area contributed by atoms with Crippen molar-refractivity contribution in [1.82, 2.24) is 9.55 Å². The molecule has 7 nitrogen and oxygen atoms in total. The molecule has 7 heteroatoms. The number of H-pyrrole nitrogens is 1. The number of benzene rings is 1. The second kappa shape index (κ2) is 6.23. The largest absolute Gasteiger partial charge is 0.444 e. The number of nitrogens with one attached hydrogen (secondary N) is 2. The van der Waals surface area contributed by atoms with Gasteiger partial charge in [-0.3, -0.25) is 9.88 Å². The molecular formula is C15H21N3O4. The first-order valence-corrected chi connectivity index (χ1v) is 7.13. The third-order valence-corrected chi connectivity index (χ3v) is 2.96. The molecule has 1 aromatic carbocycles. The van der Waals surface area contributed by atoms with Crippen LogP contribution >= 0.6 is 0 Å². The van der Waals surface area contributed by atoms with Gasteiger partial charge in [0.25, 0.3) is 0 Å². The molecule has 0 aliphatic rings. The van der Waals surface area contributed by atoms with Crippen molar-refractivity contribution in [2.45, 2.75) is 39.3 Å². The van der Waals surface area contributed by atoms with Gasteiger partial charge in [-0.05, 0) is 45.4 Å². The maximum Gasteiger partial charge on any atom is 0.412 e. The summed E-state index contributed by atoms with van der Waals surface area (Å²) in [5, 5.41) is 11.6. The lowest BCUT2D eigenvalue weighted by molar-refractivity contribution is 0.0636. The van der Waals surface area contributed by atoms with Crippen LogP contribution in [0.1, 0.15) is 27.2 Å². The molecule has 0 saturated heterocycles. The van der Waals surface area contributed by atoms with E-state index < -0.39 is 11.7 Å². The number of aliphatic hydroxyl groups excluding tert-OH is 1. The number of carbonyl (C=O) groups is 1. The molecule has 1 heterocycles. The predicted octanol–water partition coefficient (Wildman–Crippen LogP) is 2.06. The molecule has 0 unspecified atom stereocenters. The fourth-order valence-electron chi connectivity index (χ4n) is 2.10. The van der Waals surface area contributed by atoms with E-state index in [0.29, 0.717) is 29.7 Å². The Morgan fingerprint density at radius 3 is 2.77 bits per heavy atom. The van der Waals surface area contributed by atoms with Gasteiger partial charge < -0.3 is 14.8 Å². The summed E-state index contributed by atoms with van der Waals surface area (Å²) in [5.74, 6) is 0. The van der Waals surface area contributed by atoms with Crippen LogP contribution in [0.25, 0.3) is 11.0 Å². The van der Waals surface area contributed by atoms with Gasteiger partial charge in [0.15, 0.2) is 0 Å². The van der Waals surface area contributed by atoms with E-state index in [2.05, 4.69) is 10.3 Å². The zero-order chi connectivity index (χ0) is 16.3. The van der Waals surface area contributed by atoms with Crippen molar-refractivity contribution in [2.24, 2.45) is 0 Å². The Kier molecular flexibility index (Phi) is 4.56. The van der Waals surface area contributed by atoms with Crippen molar-refractivity contribution in [3.63, 3.8) is 0 Å². The van der Waals surface area contributed by atoms with Gasteiger partial charge in [-0.1, -0.05) is 0 Å². The Bertz CT molecular complexity index is 724. The van der Waals surface area contributed by atoms with Crippen LogP contribution in [-0.2, 0) is 11.3 Å². The fourth-order valence-corrected chi connectivity index (χ4v) is 2.10. The minimum Gasteiger partial charge on any atom is -0.444 e. The van der Waals surface area contributed by atoms with Gasteiger partial charge >= 0.3 is 11.8 Å². The number of aromatic amines is 1. The van der Waals surface area contributed by atoms with Crippen molar-refractivity contribution in [3.8, 4) is 0 Å². The topological polar surface area (TPSA) is 96.4 Å². The molecule has 0 aliphatic carbocycles. The Labute approximate surface area is 127 Å². The third kappa shape index (κ3) is 3.88. The Morgan fingerprint density at radius 1 is 1.41 bits per heavy atom. The van der Waals surface area contributed by atoms with E-state index in [-0.39, 0.29) is 12.3 Å². The minimum absolute atomic E-state index is 0.00889. The number of rotatable bonds is 4. The van der Waals surface area contributed by atoms with Crippen molar-refractivity contribution in [1.29, 1.82) is 0 Å². The average Bonchev–Trinajstić information content (AvgIpc) is 2.69. The zero-order valence-corrected chi connectivity index (χ0v) is 13.0. The minimum atomic E-state index is -0.578. The highest BCUT2D eigenvalue weighted by atomic mass is 16.6. The summed E-state index contributed by atoms with van der Waals surface area (Å²) in [7, 11) is 0. The fraction of sp³-hybridized carbons (Fsp3) is 0.467. The highest BCUT2D eigenvalue weighted by molar-refractivity contribution is 5.88. The van der Waals surface area contributed by atoms with Gasteiger partial charge in [-0.2, -0.15) is 0 Å². The first-order valence-electron chi connectivity index (χ1n) is 7.13. The molecule has 0 spiro atoms. The lowest BCUT2D eigenvalue weighted by Gasteiger charge is -2.19. The second-order valence-electron chi connectivity index (χ2n) is 6.02. The number of anilines is 1. The lowest BCUT2D eigenvalue weighted by Crippen LogP contribution is -2.27. The molecule has 0 atom stereocenters. The second-order valence-corrected chi connectivity index (χ2v) is 6.02. The van der Waals surface area contributed by atoms with Crippen LogP contribution in [-0.4, -0.2) is 33.0 Å². The summed E-state index contributed by atoms with van der Waals surface area (Å²) in [6, 6.07) is 5.12. The molecule has 0 saturated carbocycles. The maximum atomic E-state index is 11.9. The van der Waals surface area contributed by atoms with Crippen LogP contribution < -0.4 is 11.0 Å². The van der Waals surface area contributed by atoms with Gasteiger partial charge in [0.05, 0.1) is 11.0 Å². The standard InChI is InChI=1S/C15H21N3O4/c1-15(2,3)22-14(21)16-10-5-6-11-12(9-10)18(7-4-8-19)13(20)17-11/h5-6,9,19H,4,7-8H2,1-3H3,(H,16,21)(H,17,20). The van der Waals surface area contributed by atoms with Crippen molar-refractivity contribution >= 4 is 22.8 Å². The molecule has 0 fully saturated rings. The number of hydrogen-bond donors (Lipinski definition) is 3. The van der Waals surface area contributed by atoms with Gasteiger partial charge in [-0.25, -0.2) is 9.59 Å². The smallest absolute Gasteiger partial charge is 0.412 e. The molecule has 0 radical (unpaired) electrons. The molecule has 0 bridgehead atoms. The number of ether oxygens (including phenoxy) is 1. The number of hydrogen-bond acceptors (Lipinski definition) is 4. The summed E-state index contributed by atoms with van der Waals surface area (Å²) in [6.45, 7) is 5.78. The van der Waals surface area contributed by atoms with E-state index in [1.165, 1.54) is 4.57 Å². The SMILES string of the molecule is CC(C)(C)OC(=O)Nc1ccc2[nH]c(=O)n(CCCO)c2c1.